The minimum Gasteiger partial charge on any atom is -0.386 e. The minimum atomic E-state index is -0.760. The van der Waals surface area contributed by atoms with Gasteiger partial charge in [0.05, 0.1) is 11.7 Å². The standard InChI is InChI=1S/C20H32O2/c1-15(2)20-13-12-19(5,21)11-7-10-16(3)8-6-9-17(4)14-18(20)22-20/h9-10,12-13,15,18,21H,6-8,11,14H2,1-5H3/b13-12+,16-10+,17-9+/t18-,19-,20-/m0/s1. The van der Waals surface area contributed by atoms with E-state index in [1.54, 1.807) is 0 Å². The van der Waals surface area contributed by atoms with Gasteiger partial charge < -0.3 is 9.84 Å². The first-order chi connectivity index (χ1) is 10.3. The number of hydrogen-bond donors (Lipinski definition) is 1. The fourth-order valence-corrected chi connectivity index (χ4v) is 3.29. The molecule has 0 aromatic carbocycles. The van der Waals surface area contributed by atoms with E-state index in [1.807, 2.05) is 13.0 Å². The molecule has 0 aromatic rings. The van der Waals surface area contributed by atoms with E-state index in [0.717, 1.165) is 32.1 Å². The summed E-state index contributed by atoms with van der Waals surface area (Å²) in [5, 5.41) is 10.6. The monoisotopic (exact) mass is 304 g/mol. The molecule has 1 fully saturated rings. The molecule has 0 spiro atoms. The molecule has 1 saturated heterocycles. The maximum absolute atomic E-state index is 10.6. The van der Waals surface area contributed by atoms with Gasteiger partial charge in [-0.2, -0.15) is 0 Å². The lowest BCUT2D eigenvalue weighted by Crippen LogP contribution is -2.25. The number of rotatable bonds is 1. The van der Waals surface area contributed by atoms with Crippen LogP contribution in [0.3, 0.4) is 0 Å². The third-order valence-electron chi connectivity index (χ3n) is 5.08. The highest BCUT2D eigenvalue weighted by Gasteiger charge is 2.56. The maximum Gasteiger partial charge on any atom is 0.116 e. The van der Waals surface area contributed by atoms with Crippen LogP contribution < -0.4 is 0 Å². The summed E-state index contributed by atoms with van der Waals surface area (Å²) in [6.07, 6.45) is 13.8. The average molecular weight is 304 g/mol. The van der Waals surface area contributed by atoms with Crippen LogP contribution in [-0.2, 0) is 4.74 Å². The van der Waals surface area contributed by atoms with Crippen molar-refractivity contribution >= 4 is 0 Å². The summed E-state index contributed by atoms with van der Waals surface area (Å²) in [4.78, 5) is 0. The Morgan fingerprint density at radius 2 is 1.82 bits per heavy atom. The Hall–Kier alpha value is -0.860. The fourth-order valence-electron chi connectivity index (χ4n) is 3.29. The number of fused-ring (bicyclic) bond motifs is 1. The third kappa shape index (κ3) is 4.33. The molecule has 124 valence electrons. The lowest BCUT2D eigenvalue weighted by atomic mass is 9.86. The van der Waals surface area contributed by atoms with E-state index in [1.165, 1.54) is 11.1 Å². The van der Waals surface area contributed by atoms with E-state index >= 15 is 0 Å². The first kappa shape index (κ1) is 17.5. The predicted octanol–water partition coefficient (Wildman–Crippen LogP) is 4.94. The van der Waals surface area contributed by atoms with Crippen LogP contribution in [0.2, 0.25) is 0 Å². The summed E-state index contributed by atoms with van der Waals surface area (Å²) < 4.78 is 6.08. The van der Waals surface area contributed by atoms with Gasteiger partial charge >= 0.3 is 0 Å². The predicted molar refractivity (Wildman–Crippen MR) is 92.8 cm³/mol. The Kier molecular flexibility index (Phi) is 5.34. The molecule has 2 heteroatoms. The Balaban J connectivity index is 2.21. The normalized spacial score (nSPS) is 43.3. The molecule has 0 aromatic heterocycles. The zero-order chi connectivity index (χ0) is 16.4. The number of allylic oxidation sites excluding steroid dienone is 3. The first-order valence-corrected chi connectivity index (χ1v) is 8.67. The van der Waals surface area contributed by atoms with E-state index in [0.29, 0.717) is 5.92 Å². The molecule has 0 saturated carbocycles. The van der Waals surface area contributed by atoms with Crippen molar-refractivity contribution in [1.29, 1.82) is 0 Å². The molecule has 1 aliphatic heterocycles. The second kappa shape index (κ2) is 6.72. The summed E-state index contributed by atoms with van der Waals surface area (Å²) in [7, 11) is 0. The zero-order valence-electron chi connectivity index (χ0n) is 14.9. The largest absolute Gasteiger partial charge is 0.386 e. The van der Waals surface area contributed by atoms with E-state index in [2.05, 4.69) is 45.9 Å². The van der Waals surface area contributed by atoms with Crippen LogP contribution >= 0.6 is 0 Å². The van der Waals surface area contributed by atoms with Gasteiger partial charge in [-0.25, -0.2) is 0 Å². The molecule has 0 bridgehead atoms. The van der Waals surface area contributed by atoms with E-state index in [9.17, 15) is 5.11 Å². The van der Waals surface area contributed by atoms with Crippen LogP contribution in [0, 0.1) is 5.92 Å². The van der Waals surface area contributed by atoms with Crippen molar-refractivity contribution in [1.82, 2.24) is 0 Å². The molecular formula is C20H32O2. The maximum atomic E-state index is 10.6. The minimum absolute atomic E-state index is 0.186. The topological polar surface area (TPSA) is 32.8 Å². The molecule has 0 unspecified atom stereocenters. The van der Waals surface area contributed by atoms with Gasteiger partial charge in [0.2, 0.25) is 0 Å². The molecule has 3 atom stereocenters. The van der Waals surface area contributed by atoms with Crippen LogP contribution in [0.1, 0.15) is 66.7 Å². The average Bonchev–Trinajstić information content (AvgIpc) is 3.10. The Labute approximate surface area is 136 Å². The quantitative estimate of drug-likeness (QED) is 0.549. The van der Waals surface area contributed by atoms with Crippen molar-refractivity contribution in [3.05, 3.63) is 35.5 Å². The number of aliphatic hydroxyl groups is 1. The number of hydrogen-bond acceptors (Lipinski definition) is 2. The van der Waals surface area contributed by atoms with Gasteiger partial charge in [-0.1, -0.05) is 49.3 Å². The van der Waals surface area contributed by atoms with Crippen molar-refractivity contribution in [2.75, 3.05) is 0 Å². The third-order valence-corrected chi connectivity index (χ3v) is 5.08. The molecular weight excluding hydrogens is 272 g/mol. The van der Waals surface area contributed by atoms with Gasteiger partial charge in [0.25, 0.3) is 0 Å². The summed E-state index contributed by atoms with van der Waals surface area (Å²) in [6, 6.07) is 0. The van der Waals surface area contributed by atoms with Crippen molar-refractivity contribution in [3.8, 4) is 0 Å². The lowest BCUT2D eigenvalue weighted by Gasteiger charge is -2.21. The van der Waals surface area contributed by atoms with E-state index in [4.69, 9.17) is 4.74 Å². The Morgan fingerprint density at radius 3 is 2.50 bits per heavy atom. The molecule has 1 N–H and O–H groups in total. The van der Waals surface area contributed by atoms with Crippen LogP contribution in [0.25, 0.3) is 0 Å². The molecule has 1 aliphatic carbocycles. The highest BCUT2D eigenvalue weighted by atomic mass is 16.6. The molecule has 2 aliphatic rings. The lowest BCUT2D eigenvalue weighted by molar-refractivity contribution is 0.101. The van der Waals surface area contributed by atoms with Gasteiger partial charge in [0, 0.05) is 0 Å². The SMILES string of the molecule is C/C1=C\CC[C@](C)(O)/C=C/[C@@]2(C(C)C)O[C@H]2C/C(C)=C/CC1. The highest BCUT2D eigenvalue weighted by molar-refractivity contribution is 5.23. The fraction of sp³-hybridized carbons (Fsp3) is 0.700. The summed E-state index contributed by atoms with van der Waals surface area (Å²) in [6.45, 7) is 10.7. The van der Waals surface area contributed by atoms with Crippen molar-refractivity contribution in [2.24, 2.45) is 5.92 Å². The van der Waals surface area contributed by atoms with Gasteiger partial charge in [0.15, 0.2) is 0 Å². The molecule has 0 radical (unpaired) electrons. The molecule has 1 heterocycles. The molecule has 2 nitrogen and oxygen atoms in total. The highest BCUT2D eigenvalue weighted by Crippen LogP contribution is 2.47. The van der Waals surface area contributed by atoms with Gasteiger partial charge in [-0.15, -0.1) is 0 Å². The zero-order valence-corrected chi connectivity index (χ0v) is 14.9. The second-order valence-corrected chi connectivity index (χ2v) is 7.69. The second-order valence-electron chi connectivity index (χ2n) is 7.69. The Bertz CT molecular complexity index is 482. The van der Waals surface area contributed by atoms with Crippen LogP contribution in [0.15, 0.2) is 35.5 Å². The molecule has 22 heavy (non-hydrogen) atoms. The van der Waals surface area contributed by atoms with Gasteiger partial charge in [0.1, 0.15) is 5.60 Å². The van der Waals surface area contributed by atoms with Gasteiger partial charge in [-0.3, -0.25) is 0 Å². The van der Waals surface area contributed by atoms with Crippen molar-refractivity contribution in [3.63, 3.8) is 0 Å². The molecule has 2 rings (SSSR count). The number of epoxide rings is 1. The van der Waals surface area contributed by atoms with Crippen LogP contribution in [-0.4, -0.2) is 22.4 Å². The van der Waals surface area contributed by atoms with E-state index < -0.39 is 5.60 Å². The molecule has 0 amide bonds. The summed E-state index contributed by atoms with van der Waals surface area (Å²) in [5.74, 6) is 0.424. The first-order valence-electron chi connectivity index (χ1n) is 8.67. The number of ether oxygens (including phenoxy) is 1. The van der Waals surface area contributed by atoms with Crippen LogP contribution in [0.4, 0.5) is 0 Å². The smallest absolute Gasteiger partial charge is 0.116 e. The van der Waals surface area contributed by atoms with Crippen LogP contribution in [0.5, 0.6) is 0 Å². The van der Waals surface area contributed by atoms with Crippen molar-refractivity contribution < 1.29 is 9.84 Å². The Morgan fingerprint density at radius 1 is 1.14 bits per heavy atom. The van der Waals surface area contributed by atoms with Crippen molar-refractivity contribution in [2.45, 2.75) is 84.0 Å². The summed E-state index contributed by atoms with van der Waals surface area (Å²) >= 11 is 0. The van der Waals surface area contributed by atoms with Gasteiger partial charge in [-0.05, 0) is 58.8 Å². The summed E-state index contributed by atoms with van der Waals surface area (Å²) in [5.41, 5.74) is 1.89. The van der Waals surface area contributed by atoms with E-state index in [-0.39, 0.29) is 11.7 Å².